The standard InChI is InChI=1S/C9H15N3O/c1-7(9(10)13)11-5-8-3-4-12(2)6-8/h3-4,6-7,11H,5H2,1-2H3,(H2,10,13)/t7-/m0/s1. The van der Waals surface area contributed by atoms with Crippen molar-refractivity contribution in [2.45, 2.75) is 19.5 Å². The number of nitrogens with one attached hydrogen (secondary N) is 1. The molecule has 0 bridgehead atoms. The highest BCUT2D eigenvalue weighted by atomic mass is 16.1. The van der Waals surface area contributed by atoms with E-state index in [0.717, 1.165) is 5.56 Å². The molecule has 0 unspecified atom stereocenters. The fraction of sp³-hybridized carbons (Fsp3) is 0.444. The van der Waals surface area contributed by atoms with Crippen molar-refractivity contribution in [3.63, 3.8) is 0 Å². The molecule has 0 aromatic carbocycles. The summed E-state index contributed by atoms with van der Waals surface area (Å²) in [5.74, 6) is -0.323. The molecule has 0 saturated heterocycles. The van der Waals surface area contributed by atoms with Crippen LogP contribution in [0.25, 0.3) is 0 Å². The number of carbonyl (C=O) groups is 1. The Hall–Kier alpha value is -1.29. The highest BCUT2D eigenvalue weighted by Crippen LogP contribution is 1.98. The maximum atomic E-state index is 10.7. The first-order chi connectivity index (χ1) is 6.09. The summed E-state index contributed by atoms with van der Waals surface area (Å²) in [4.78, 5) is 10.7. The molecule has 4 nitrogen and oxygen atoms in total. The van der Waals surface area contributed by atoms with Crippen LogP contribution >= 0.6 is 0 Å². The quantitative estimate of drug-likeness (QED) is 0.686. The molecule has 0 saturated carbocycles. The molecule has 1 aromatic heterocycles. The highest BCUT2D eigenvalue weighted by Gasteiger charge is 2.06. The summed E-state index contributed by atoms with van der Waals surface area (Å²) in [7, 11) is 1.96. The molecule has 0 aliphatic carbocycles. The van der Waals surface area contributed by atoms with Gasteiger partial charge in [0.25, 0.3) is 0 Å². The summed E-state index contributed by atoms with van der Waals surface area (Å²) >= 11 is 0. The van der Waals surface area contributed by atoms with Crippen LogP contribution in [-0.4, -0.2) is 16.5 Å². The molecule has 3 N–H and O–H groups in total. The number of primary amides is 1. The second-order valence-electron chi connectivity index (χ2n) is 3.19. The summed E-state index contributed by atoms with van der Waals surface area (Å²) in [5, 5.41) is 3.02. The topological polar surface area (TPSA) is 60.1 Å². The third kappa shape index (κ3) is 2.91. The van der Waals surface area contributed by atoms with Gasteiger partial charge in [0.2, 0.25) is 5.91 Å². The van der Waals surface area contributed by atoms with Gasteiger partial charge in [0.15, 0.2) is 0 Å². The second kappa shape index (κ2) is 4.09. The van der Waals surface area contributed by atoms with Gasteiger partial charge >= 0.3 is 0 Å². The molecule has 72 valence electrons. The maximum Gasteiger partial charge on any atom is 0.234 e. The summed E-state index contributed by atoms with van der Waals surface area (Å²) < 4.78 is 1.96. The van der Waals surface area contributed by atoms with Crippen molar-refractivity contribution in [2.75, 3.05) is 0 Å². The number of hydrogen-bond donors (Lipinski definition) is 2. The summed E-state index contributed by atoms with van der Waals surface area (Å²) in [5.41, 5.74) is 6.25. The Bertz CT molecular complexity index is 293. The van der Waals surface area contributed by atoms with E-state index in [0.29, 0.717) is 6.54 Å². The SMILES string of the molecule is C[C@H](NCc1ccn(C)c1)C(N)=O. The van der Waals surface area contributed by atoms with Gasteiger partial charge in [-0.1, -0.05) is 0 Å². The van der Waals surface area contributed by atoms with Crippen molar-refractivity contribution < 1.29 is 4.79 Å². The number of rotatable bonds is 4. The third-order valence-electron chi connectivity index (χ3n) is 1.93. The Morgan fingerprint density at radius 3 is 2.92 bits per heavy atom. The zero-order valence-corrected chi connectivity index (χ0v) is 7.95. The number of nitrogens with zero attached hydrogens (tertiary/aromatic N) is 1. The van der Waals surface area contributed by atoms with Gasteiger partial charge in [-0.05, 0) is 18.6 Å². The Balaban J connectivity index is 2.39. The molecule has 0 aliphatic heterocycles. The van der Waals surface area contributed by atoms with E-state index in [-0.39, 0.29) is 11.9 Å². The van der Waals surface area contributed by atoms with Crippen LogP contribution in [0.15, 0.2) is 18.5 Å². The van der Waals surface area contributed by atoms with Crippen LogP contribution in [0.3, 0.4) is 0 Å². The highest BCUT2D eigenvalue weighted by molar-refractivity contribution is 5.79. The minimum absolute atomic E-state index is 0.278. The van der Waals surface area contributed by atoms with Crippen LogP contribution in [0.2, 0.25) is 0 Å². The predicted octanol–water partition coefficient (Wildman–Crippen LogP) is -0.0115. The molecule has 1 aromatic rings. The average Bonchev–Trinajstić information content (AvgIpc) is 2.47. The van der Waals surface area contributed by atoms with Gasteiger partial charge in [-0.2, -0.15) is 0 Å². The monoisotopic (exact) mass is 181 g/mol. The normalized spacial score (nSPS) is 12.8. The van der Waals surface area contributed by atoms with E-state index in [9.17, 15) is 4.79 Å². The molecule has 0 fully saturated rings. The van der Waals surface area contributed by atoms with Gasteiger partial charge in [-0.15, -0.1) is 0 Å². The van der Waals surface area contributed by atoms with E-state index in [2.05, 4.69) is 5.32 Å². The zero-order chi connectivity index (χ0) is 9.84. The minimum atomic E-state index is -0.323. The first kappa shape index (κ1) is 9.80. The lowest BCUT2D eigenvalue weighted by Gasteiger charge is -2.08. The van der Waals surface area contributed by atoms with Crippen LogP contribution in [-0.2, 0) is 18.4 Å². The first-order valence-corrected chi connectivity index (χ1v) is 4.23. The summed E-state index contributed by atoms with van der Waals surface area (Å²) in [6.45, 7) is 2.43. The molecule has 1 atom stereocenters. The van der Waals surface area contributed by atoms with E-state index >= 15 is 0 Å². The molecular formula is C9H15N3O. The van der Waals surface area contributed by atoms with Crippen molar-refractivity contribution in [3.05, 3.63) is 24.0 Å². The van der Waals surface area contributed by atoms with E-state index in [1.54, 1.807) is 6.92 Å². The Morgan fingerprint density at radius 1 is 1.77 bits per heavy atom. The van der Waals surface area contributed by atoms with Crippen molar-refractivity contribution >= 4 is 5.91 Å². The fourth-order valence-electron chi connectivity index (χ4n) is 1.04. The van der Waals surface area contributed by atoms with Gasteiger partial charge in [0.05, 0.1) is 6.04 Å². The number of hydrogen-bond acceptors (Lipinski definition) is 2. The smallest absolute Gasteiger partial charge is 0.234 e. The molecule has 1 amide bonds. The van der Waals surface area contributed by atoms with E-state index in [1.807, 2.05) is 30.1 Å². The molecule has 4 heteroatoms. The Kier molecular flexibility index (Phi) is 3.08. The van der Waals surface area contributed by atoms with Crippen molar-refractivity contribution in [3.8, 4) is 0 Å². The fourth-order valence-corrected chi connectivity index (χ4v) is 1.04. The third-order valence-corrected chi connectivity index (χ3v) is 1.93. The molecule has 1 rings (SSSR count). The maximum absolute atomic E-state index is 10.7. The van der Waals surface area contributed by atoms with Crippen LogP contribution in [0.4, 0.5) is 0 Å². The van der Waals surface area contributed by atoms with Crippen LogP contribution in [0, 0.1) is 0 Å². The van der Waals surface area contributed by atoms with Crippen molar-refractivity contribution in [1.82, 2.24) is 9.88 Å². The van der Waals surface area contributed by atoms with Crippen LogP contribution in [0.5, 0.6) is 0 Å². The average molecular weight is 181 g/mol. The van der Waals surface area contributed by atoms with Crippen molar-refractivity contribution in [1.29, 1.82) is 0 Å². The second-order valence-corrected chi connectivity index (χ2v) is 3.19. The summed E-state index contributed by atoms with van der Waals surface area (Å²) in [6, 6.07) is 1.72. The first-order valence-electron chi connectivity index (χ1n) is 4.23. The van der Waals surface area contributed by atoms with Gasteiger partial charge in [-0.25, -0.2) is 0 Å². The largest absolute Gasteiger partial charge is 0.368 e. The van der Waals surface area contributed by atoms with Crippen LogP contribution in [0.1, 0.15) is 12.5 Å². The number of carbonyl (C=O) groups excluding carboxylic acids is 1. The van der Waals surface area contributed by atoms with E-state index < -0.39 is 0 Å². The number of aryl methyl sites for hydroxylation is 1. The van der Waals surface area contributed by atoms with Gasteiger partial charge in [0, 0.05) is 26.0 Å². The van der Waals surface area contributed by atoms with E-state index in [4.69, 9.17) is 5.73 Å². The zero-order valence-electron chi connectivity index (χ0n) is 7.95. The molecular weight excluding hydrogens is 166 g/mol. The van der Waals surface area contributed by atoms with Crippen LogP contribution < -0.4 is 11.1 Å². The molecule has 0 aliphatic rings. The van der Waals surface area contributed by atoms with Crippen molar-refractivity contribution in [2.24, 2.45) is 12.8 Å². The number of nitrogens with two attached hydrogens (primary N) is 1. The lowest BCUT2D eigenvalue weighted by atomic mass is 10.3. The lowest BCUT2D eigenvalue weighted by Crippen LogP contribution is -2.38. The number of amides is 1. The molecule has 1 heterocycles. The van der Waals surface area contributed by atoms with E-state index in [1.165, 1.54) is 0 Å². The van der Waals surface area contributed by atoms with Gasteiger partial charge in [-0.3, -0.25) is 4.79 Å². The Labute approximate surface area is 77.7 Å². The molecule has 13 heavy (non-hydrogen) atoms. The van der Waals surface area contributed by atoms with Gasteiger partial charge in [0.1, 0.15) is 0 Å². The Morgan fingerprint density at radius 2 is 2.46 bits per heavy atom. The summed E-state index contributed by atoms with van der Waals surface area (Å²) in [6.07, 6.45) is 3.96. The minimum Gasteiger partial charge on any atom is -0.368 e. The number of aromatic nitrogens is 1. The molecule has 0 spiro atoms. The predicted molar refractivity (Wildman–Crippen MR) is 50.9 cm³/mol. The van der Waals surface area contributed by atoms with Gasteiger partial charge < -0.3 is 15.6 Å². The lowest BCUT2D eigenvalue weighted by molar-refractivity contribution is -0.119. The molecule has 0 radical (unpaired) electrons.